The van der Waals surface area contributed by atoms with Gasteiger partial charge in [0, 0.05) is 6.54 Å². The first-order valence-electron chi connectivity index (χ1n) is 13.5. The Kier molecular flexibility index (Phi) is 18.7. The molecule has 0 saturated heterocycles. The summed E-state index contributed by atoms with van der Waals surface area (Å²) in [6.07, 6.45) is 18.0. The number of rotatable bonds is 21. The second kappa shape index (κ2) is 21.0. The van der Waals surface area contributed by atoms with Gasteiger partial charge < -0.3 is 15.2 Å². The second-order valence-corrected chi connectivity index (χ2v) is 9.37. The smallest absolute Gasteiger partial charge is 0.408 e. The van der Waals surface area contributed by atoms with Gasteiger partial charge in [-0.2, -0.15) is 0 Å². The van der Waals surface area contributed by atoms with E-state index in [0.29, 0.717) is 5.92 Å². The number of unbranched alkanes of at least 4 members (excludes halogenated alkanes) is 11. The zero-order valence-electron chi connectivity index (χ0n) is 21.3. The maximum absolute atomic E-state index is 11.7. The Hall–Kier alpha value is -1.59. The fourth-order valence-corrected chi connectivity index (χ4v) is 4.25. The van der Waals surface area contributed by atoms with Crippen molar-refractivity contribution in [3.8, 4) is 0 Å². The van der Waals surface area contributed by atoms with Crippen molar-refractivity contribution >= 4 is 6.09 Å². The number of hydrogen-bond donors (Lipinski definition) is 3. The Morgan fingerprint density at radius 3 is 2.06 bits per heavy atom. The highest BCUT2D eigenvalue weighted by atomic mass is 16.6. The Labute approximate surface area is 203 Å². The average molecular weight is 463 g/mol. The number of ether oxygens (including phenoxy) is 1. The summed E-state index contributed by atoms with van der Waals surface area (Å²) in [6.45, 7) is 4.91. The fraction of sp³-hybridized carbons (Fsp3) is 0.750. The van der Waals surface area contributed by atoms with Gasteiger partial charge in [0.25, 0.3) is 0 Å². The van der Waals surface area contributed by atoms with Gasteiger partial charge in [0.05, 0.1) is 12.8 Å². The predicted octanol–water partition coefficient (Wildman–Crippen LogP) is 6.59. The summed E-state index contributed by atoms with van der Waals surface area (Å²) in [4.78, 5) is 11.7. The lowest BCUT2D eigenvalue weighted by Gasteiger charge is -2.22. The van der Waals surface area contributed by atoms with E-state index < -0.39 is 6.09 Å². The van der Waals surface area contributed by atoms with Crippen LogP contribution >= 0.6 is 0 Å². The number of carbonyl (C=O) groups excluding carboxylic acids is 1. The molecule has 0 radical (unpaired) electrons. The average Bonchev–Trinajstić information content (AvgIpc) is 2.82. The molecule has 0 bridgehead atoms. The van der Waals surface area contributed by atoms with E-state index in [-0.39, 0.29) is 19.4 Å². The zero-order chi connectivity index (χ0) is 24.0. The quantitative estimate of drug-likeness (QED) is 0.142. The maximum atomic E-state index is 11.7. The van der Waals surface area contributed by atoms with Crippen molar-refractivity contribution in [3.63, 3.8) is 0 Å². The molecule has 2 atom stereocenters. The van der Waals surface area contributed by atoms with Crippen molar-refractivity contribution in [1.29, 1.82) is 0 Å². The van der Waals surface area contributed by atoms with Crippen molar-refractivity contribution in [3.05, 3.63) is 35.9 Å². The molecule has 0 spiro atoms. The molecule has 2 unspecified atom stereocenters. The van der Waals surface area contributed by atoms with Crippen LogP contribution in [0.3, 0.4) is 0 Å². The molecule has 1 rings (SSSR count). The molecule has 0 heterocycles. The van der Waals surface area contributed by atoms with Gasteiger partial charge in [-0.1, -0.05) is 114 Å². The summed E-state index contributed by atoms with van der Waals surface area (Å²) in [5.41, 5.74) is 1.37. The van der Waals surface area contributed by atoms with Crippen LogP contribution in [0.5, 0.6) is 0 Å². The van der Waals surface area contributed by atoms with Gasteiger partial charge in [0.1, 0.15) is 6.61 Å². The highest BCUT2D eigenvalue weighted by Gasteiger charge is 2.13. The van der Waals surface area contributed by atoms with E-state index in [9.17, 15) is 4.79 Å². The number of hydrogen-bond acceptors (Lipinski definition) is 4. The highest BCUT2D eigenvalue weighted by molar-refractivity contribution is 5.67. The lowest BCUT2D eigenvalue weighted by molar-refractivity contribution is 0.115. The molecule has 0 fully saturated rings. The van der Waals surface area contributed by atoms with Crippen molar-refractivity contribution < 1.29 is 14.6 Å². The largest absolute Gasteiger partial charge is 0.447 e. The highest BCUT2D eigenvalue weighted by Crippen LogP contribution is 2.18. The van der Waals surface area contributed by atoms with Gasteiger partial charge in [-0.05, 0) is 31.2 Å². The summed E-state index contributed by atoms with van der Waals surface area (Å²) < 4.78 is 4.87. The molecule has 1 amide bonds. The maximum Gasteiger partial charge on any atom is 0.408 e. The molecule has 1 aromatic rings. The van der Waals surface area contributed by atoms with Gasteiger partial charge in [-0.25, -0.2) is 4.79 Å². The van der Waals surface area contributed by atoms with Crippen LogP contribution in [-0.4, -0.2) is 37.1 Å². The molecular formula is C28H50N2O3. The fourth-order valence-electron chi connectivity index (χ4n) is 4.25. The van der Waals surface area contributed by atoms with Gasteiger partial charge in [-0.15, -0.1) is 0 Å². The van der Waals surface area contributed by atoms with Crippen LogP contribution in [0, 0.1) is 5.92 Å². The van der Waals surface area contributed by atoms with E-state index in [4.69, 9.17) is 9.84 Å². The van der Waals surface area contributed by atoms with Gasteiger partial charge in [-0.3, -0.25) is 5.32 Å². The van der Waals surface area contributed by atoms with E-state index in [1.54, 1.807) is 0 Å². The van der Waals surface area contributed by atoms with Crippen LogP contribution in [0.1, 0.15) is 103 Å². The van der Waals surface area contributed by atoms with Crippen molar-refractivity contribution in [1.82, 2.24) is 10.6 Å². The molecule has 0 aromatic heterocycles. The van der Waals surface area contributed by atoms with E-state index in [1.807, 2.05) is 6.92 Å². The molecule has 0 aliphatic carbocycles. The SMILES string of the molecule is CCCCCCCCCCCCCCC(CNC(C)NC(=O)OCCO)Cc1ccccc1. The summed E-state index contributed by atoms with van der Waals surface area (Å²) in [7, 11) is 0. The summed E-state index contributed by atoms with van der Waals surface area (Å²) in [6, 6.07) is 10.7. The minimum absolute atomic E-state index is 0.0220. The number of nitrogens with one attached hydrogen (secondary N) is 2. The molecule has 5 nitrogen and oxygen atoms in total. The number of amides is 1. The predicted molar refractivity (Wildman–Crippen MR) is 138 cm³/mol. The third-order valence-corrected chi connectivity index (χ3v) is 6.20. The Morgan fingerprint density at radius 2 is 1.48 bits per heavy atom. The van der Waals surface area contributed by atoms with Crippen molar-refractivity contribution in [2.45, 2.75) is 110 Å². The Bertz CT molecular complexity index is 568. The van der Waals surface area contributed by atoms with E-state index in [0.717, 1.165) is 13.0 Å². The zero-order valence-corrected chi connectivity index (χ0v) is 21.3. The van der Waals surface area contributed by atoms with Crippen LogP contribution in [0.15, 0.2) is 30.3 Å². The summed E-state index contributed by atoms with van der Waals surface area (Å²) in [5.74, 6) is 0.535. The molecule has 0 saturated carbocycles. The second-order valence-electron chi connectivity index (χ2n) is 9.37. The van der Waals surface area contributed by atoms with Crippen molar-refractivity contribution in [2.75, 3.05) is 19.8 Å². The van der Waals surface area contributed by atoms with Crippen LogP contribution < -0.4 is 10.6 Å². The molecule has 0 aliphatic heterocycles. The number of aliphatic hydroxyl groups is 1. The molecular weight excluding hydrogens is 412 g/mol. The lowest BCUT2D eigenvalue weighted by atomic mass is 9.93. The standard InChI is InChI=1S/C28H50N2O3/c1-3-4-5-6-7-8-9-10-11-12-13-15-20-27(23-26-18-16-14-17-19-26)24-29-25(2)30-28(32)33-22-21-31/h14,16-19,25,27,29,31H,3-13,15,20-24H2,1-2H3,(H,30,32). The topological polar surface area (TPSA) is 70.6 Å². The third-order valence-electron chi connectivity index (χ3n) is 6.20. The summed E-state index contributed by atoms with van der Waals surface area (Å²) >= 11 is 0. The lowest BCUT2D eigenvalue weighted by Crippen LogP contribution is -2.45. The molecule has 0 aliphatic rings. The van der Waals surface area contributed by atoms with Crippen LogP contribution in [-0.2, 0) is 11.2 Å². The number of aliphatic hydroxyl groups excluding tert-OH is 1. The first-order chi connectivity index (χ1) is 16.2. The minimum atomic E-state index is -0.496. The molecule has 5 heteroatoms. The van der Waals surface area contributed by atoms with E-state index >= 15 is 0 Å². The first kappa shape index (κ1) is 29.4. The van der Waals surface area contributed by atoms with Crippen LogP contribution in [0.2, 0.25) is 0 Å². The first-order valence-corrected chi connectivity index (χ1v) is 13.5. The summed E-state index contributed by atoms with van der Waals surface area (Å²) in [5, 5.41) is 15.0. The van der Waals surface area contributed by atoms with Gasteiger partial charge in [0.15, 0.2) is 0 Å². The van der Waals surface area contributed by atoms with Gasteiger partial charge >= 0.3 is 6.09 Å². The van der Waals surface area contributed by atoms with E-state index in [1.165, 1.54) is 89.0 Å². The van der Waals surface area contributed by atoms with E-state index in [2.05, 4.69) is 47.9 Å². The number of alkyl carbamates (subject to hydrolysis) is 1. The Balaban J connectivity index is 2.22. The molecule has 3 N–H and O–H groups in total. The molecule has 190 valence electrons. The van der Waals surface area contributed by atoms with Crippen molar-refractivity contribution in [2.24, 2.45) is 5.92 Å². The molecule has 1 aromatic carbocycles. The number of benzene rings is 1. The Morgan fingerprint density at radius 1 is 0.909 bits per heavy atom. The van der Waals surface area contributed by atoms with Crippen LogP contribution in [0.4, 0.5) is 4.79 Å². The number of carbonyl (C=O) groups is 1. The normalized spacial score (nSPS) is 12.9. The minimum Gasteiger partial charge on any atom is -0.447 e. The monoisotopic (exact) mass is 462 g/mol. The van der Waals surface area contributed by atoms with Crippen LogP contribution in [0.25, 0.3) is 0 Å². The molecule has 33 heavy (non-hydrogen) atoms. The van der Waals surface area contributed by atoms with Gasteiger partial charge in [0.2, 0.25) is 0 Å². The third kappa shape index (κ3) is 17.5.